The highest BCUT2D eigenvalue weighted by molar-refractivity contribution is 6.62. The third-order valence-corrected chi connectivity index (χ3v) is 2.10. The van der Waals surface area contributed by atoms with E-state index in [0.29, 0.717) is 0 Å². The molecule has 0 aliphatic carbocycles. The van der Waals surface area contributed by atoms with E-state index in [9.17, 15) is 19.7 Å². The van der Waals surface area contributed by atoms with Crippen molar-refractivity contribution < 1.29 is 19.2 Å². The molecular weight excluding hydrogens is 240 g/mol. The van der Waals surface area contributed by atoms with Crippen LogP contribution in [0.3, 0.4) is 0 Å². The Hall–Kier alpha value is -2.57. The Morgan fingerprint density at radius 2 is 2.00 bits per heavy atom. The molecule has 0 atom stereocenters. The van der Waals surface area contributed by atoms with Gasteiger partial charge in [-0.1, -0.05) is 12.1 Å². The largest absolute Gasteiger partial charge is 0.456 e. The summed E-state index contributed by atoms with van der Waals surface area (Å²) in [5, 5.41) is 17.8. The number of nitrogens with zero attached hydrogens (tertiary/aromatic N) is 1. The number of hydrogen-bond donors (Lipinski definition) is 1. The van der Waals surface area contributed by atoms with E-state index in [1.165, 1.54) is 18.2 Å². The maximum absolute atomic E-state index is 11.2. The van der Waals surface area contributed by atoms with Crippen molar-refractivity contribution in [1.82, 2.24) is 0 Å². The molecule has 0 spiro atoms. The summed E-state index contributed by atoms with van der Waals surface area (Å²) >= 11 is 0. The van der Waals surface area contributed by atoms with Gasteiger partial charge < -0.3 is 4.74 Å². The standard InChI is InChI=1S/C11H10N2O5/c1-7(14)10(12)11(15)18-6-8-4-2-3-5-9(8)13(16)17/h2-5,12H,6H2,1H3. The highest BCUT2D eigenvalue weighted by atomic mass is 16.6. The molecule has 0 fully saturated rings. The number of nitro groups is 1. The van der Waals surface area contributed by atoms with Gasteiger partial charge in [-0.15, -0.1) is 0 Å². The molecule has 0 radical (unpaired) electrons. The number of nitrogens with one attached hydrogen (secondary N) is 1. The van der Waals surface area contributed by atoms with Crippen LogP contribution in [0.1, 0.15) is 12.5 Å². The Morgan fingerprint density at radius 3 is 2.56 bits per heavy atom. The zero-order chi connectivity index (χ0) is 13.7. The van der Waals surface area contributed by atoms with Crippen molar-refractivity contribution >= 4 is 23.2 Å². The van der Waals surface area contributed by atoms with Crippen molar-refractivity contribution in [3.8, 4) is 0 Å². The Labute approximate surface area is 102 Å². The summed E-state index contributed by atoms with van der Waals surface area (Å²) < 4.78 is 4.65. The van der Waals surface area contributed by atoms with E-state index in [1.54, 1.807) is 6.07 Å². The van der Waals surface area contributed by atoms with Crippen LogP contribution in [0.25, 0.3) is 0 Å². The second kappa shape index (κ2) is 5.67. The van der Waals surface area contributed by atoms with Crippen LogP contribution in [-0.2, 0) is 20.9 Å². The number of carbonyl (C=O) groups is 2. The third-order valence-electron chi connectivity index (χ3n) is 2.10. The number of esters is 1. The summed E-state index contributed by atoms with van der Waals surface area (Å²) in [6, 6.07) is 5.76. The first-order valence-electron chi connectivity index (χ1n) is 4.92. The molecule has 0 unspecified atom stereocenters. The monoisotopic (exact) mass is 250 g/mol. The van der Waals surface area contributed by atoms with Gasteiger partial charge in [0.15, 0.2) is 11.5 Å². The zero-order valence-corrected chi connectivity index (χ0v) is 9.50. The second-order valence-corrected chi connectivity index (χ2v) is 3.39. The molecule has 0 saturated carbocycles. The summed E-state index contributed by atoms with van der Waals surface area (Å²) in [4.78, 5) is 32.0. The van der Waals surface area contributed by atoms with Crippen LogP contribution in [0.15, 0.2) is 24.3 Å². The van der Waals surface area contributed by atoms with E-state index in [0.717, 1.165) is 6.92 Å². The average Bonchev–Trinajstić information content (AvgIpc) is 2.35. The van der Waals surface area contributed by atoms with Crippen LogP contribution in [-0.4, -0.2) is 22.4 Å². The van der Waals surface area contributed by atoms with Gasteiger partial charge in [0.25, 0.3) is 5.69 Å². The predicted molar refractivity (Wildman–Crippen MR) is 61.3 cm³/mol. The van der Waals surface area contributed by atoms with Crippen molar-refractivity contribution in [1.29, 1.82) is 5.41 Å². The first kappa shape index (κ1) is 13.5. The molecule has 18 heavy (non-hydrogen) atoms. The van der Waals surface area contributed by atoms with Crippen molar-refractivity contribution in [3.05, 3.63) is 39.9 Å². The van der Waals surface area contributed by atoms with Gasteiger partial charge in [-0.05, 0) is 6.07 Å². The number of ketones is 1. The second-order valence-electron chi connectivity index (χ2n) is 3.39. The molecule has 1 N–H and O–H groups in total. The number of para-hydroxylation sites is 1. The topological polar surface area (TPSA) is 110 Å². The first-order chi connectivity index (χ1) is 8.43. The maximum atomic E-state index is 11.2. The zero-order valence-electron chi connectivity index (χ0n) is 9.50. The van der Waals surface area contributed by atoms with Gasteiger partial charge in [-0.2, -0.15) is 0 Å². The van der Waals surface area contributed by atoms with Crippen molar-refractivity contribution in [2.45, 2.75) is 13.5 Å². The number of carbonyl (C=O) groups excluding carboxylic acids is 2. The Balaban J connectivity index is 2.75. The fourth-order valence-electron chi connectivity index (χ4n) is 1.17. The molecule has 7 heteroatoms. The first-order valence-corrected chi connectivity index (χ1v) is 4.92. The number of Topliss-reactive ketones (excluding diaryl/α,β-unsaturated/α-hetero) is 1. The number of hydrogen-bond acceptors (Lipinski definition) is 6. The van der Waals surface area contributed by atoms with E-state index in [-0.39, 0.29) is 17.9 Å². The van der Waals surface area contributed by atoms with Crippen LogP contribution in [0, 0.1) is 15.5 Å². The Bertz CT molecular complexity index is 524. The number of ether oxygens (including phenoxy) is 1. The SMILES string of the molecule is CC(=O)C(=N)C(=O)OCc1ccccc1[N+](=O)[O-]. The molecule has 0 saturated heterocycles. The molecule has 0 aliphatic heterocycles. The highest BCUT2D eigenvalue weighted by Crippen LogP contribution is 2.18. The van der Waals surface area contributed by atoms with E-state index in [4.69, 9.17) is 5.41 Å². The molecule has 1 aromatic carbocycles. The van der Waals surface area contributed by atoms with Crippen LogP contribution >= 0.6 is 0 Å². The lowest BCUT2D eigenvalue weighted by atomic mass is 10.2. The van der Waals surface area contributed by atoms with Crippen LogP contribution in [0.5, 0.6) is 0 Å². The minimum absolute atomic E-state index is 0.181. The minimum atomic E-state index is -1.10. The quantitative estimate of drug-likeness (QED) is 0.278. The lowest BCUT2D eigenvalue weighted by Crippen LogP contribution is -2.23. The number of rotatable bonds is 5. The fraction of sp³-hybridized carbons (Fsp3) is 0.182. The molecule has 0 heterocycles. The molecular formula is C11H10N2O5. The average molecular weight is 250 g/mol. The maximum Gasteiger partial charge on any atom is 0.360 e. The lowest BCUT2D eigenvalue weighted by Gasteiger charge is -2.04. The van der Waals surface area contributed by atoms with Crippen LogP contribution in [0.2, 0.25) is 0 Å². The van der Waals surface area contributed by atoms with Crippen molar-refractivity contribution in [2.75, 3.05) is 0 Å². The molecule has 94 valence electrons. The van der Waals surface area contributed by atoms with Crippen LogP contribution in [0.4, 0.5) is 5.69 Å². The highest BCUT2D eigenvalue weighted by Gasteiger charge is 2.18. The van der Waals surface area contributed by atoms with E-state index in [2.05, 4.69) is 4.74 Å². The van der Waals surface area contributed by atoms with Crippen molar-refractivity contribution in [2.24, 2.45) is 0 Å². The molecule has 0 aliphatic rings. The lowest BCUT2D eigenvalue weighted by molar-refractivity contribution is -0.385. The summed E-state index contributed by atoms with van der Waals surface area (Å²) in [6.07, 6.45) is 0. The van der Waals surface area contributed by atoms with Gasteiger partial charge >= 0.3 is 5.97 Å². The van der Waals surface area contributed by atoms with Gasteiger partial charge in [0.05, 0.1) is 10.5 Å². The fourth-order valence-corrected chi connectivity index (χ4v) is 1.17. The Kier molecular flexibility index (Phi) is 4.25. The van der Waals surface area contributed by atoms with E-state index in [1.807, 2.05) is 0 Å². The molecule has 1 aromatic rings. The normalized spacial score (nSPS) is 9.61. The van der Waals surface area contributed by atoms with E-state index < -0.39 is 22.4 Å². The summed E-state index contributed by atoms with van der Waals surface area (Å²) in [6.45, 7) is 0.709. The van der Waals surface area contributed by atoms with Crippen molar-refractivity contribution in [3.63, 3.8) is 0 Å². The molecule has 1 rings (SSSR count). The Morgan fingerprint density at radius 1 is 1.39 bits per heavy atom. The molecule has 7 nitrogen and oxygen atoms in total. The molecule has 0 amide bonds. The predicted octanol–water partition coefficient (Wildman–Crippen LogP) is 1.25. The molecule has 0 aromatic heterocycles. The summed E-state index contributed by atoms with van der Waals surface area (Å²) in [5.74, 6) is -1.82. The third kappa shape index (κ3) is 3.21. The van der Waals surface area contributed by atoms with Gasteiger partial charge in [-0.25, -0.2) is 4.79 Å². The smallest absolute Gasteiger partial charge is 0.360 e. The van der Waals surface area contributed by atoms with E-state index >= 15 is 0 Å². The number of benzene rings is 1. The van der Waals surface area contributed by atoms with Gasteiger partial charge in [-0.3, -0.25) is 20.3 Å². The van der Waals surface area contributed by atoms with Gasteiger partial charge in [0, 0.05) is 13.0 Å². The molecule has 0 bridgehead atoms. The minimum Gasteiger partial charge on any atom is -0.456 e. The van der Waals surface area contributed by atoms with Gasteiger partial charge in [0.1, 0.15) is 6.61 Å². The summed E-state index contributed by atoms with van der Waals surface area (Å²) in [7, 11) is 0. The number of nitro benzene ring substituents is 1. The van der Waals surface area contributed by atoms with Gasteiger partial charge in [0.2, 0.25) is 0 Å². The van der Waals surface area contributed by atoms with Crippen LogP contribution < -0.4 is 0 Å². The summed E-state index contributed by atoms with van der Waals surface area (Å²) in [5.41, 5.74) is -0.763.